The van der Waals surface area contributed by atoms with E-state index in [1.807, 2.05) is 6.92 Å². The van der Waals surface area contributed by atoms with Crippen LogP contribution in [0.4, 0.5) is 0 Å². The fourth-order valence-corrected chi connectivity index (χ4v) is 0.728. The summed E-state index contributed by atoms with van der Waals surface area (Å²) in [4.78, 5) is 11.3. The minimum atomic E-state index is -0.463. The van der Waals surface area contributed by atoms with Gasteiger partial charge in [0.2, 0.25) is 0 Å². The summed E-state index contributed by atoms with van der Waals surface area (Å²) in [5, 5.41) is 2.43. The zero-order chi connectivity index (χ0) is 11.1. The maximum Gasteiger partial charge on any atom is 0.274 e. The van der Waals surface area contributed by atoms with Crippen LogP contribution >= 0.6 is 0 Å². The standard InChI is InChI=1S/C9H18N4O/c1-3-4-5-7(11)13-9(14)8(12)6(2)10/h5H,3-4,10-12H2,1-2H3,(H,13,14)/b7-5+,8-6-. The highest BCUT2D eigenvalue weighted by molar-refractivity contribution is 5.94. The molecule has 0 aliphatic heterocycles. The molecule has 0 aromatic rings. The van der Waals surface area contributed by atoms with Crippen LogP contribution in [0, 0.1) is 0 Å². The van der Waals surface area contributed by atoms with Crippen LogP contribution in [0.2, 0.25) is 0 Å². The van der Waals surface area contributed by atoms with Gasteiger partial charge in [-0.15, -0.1) is 0 Å². The number of hydrogen-bond acceptors (Lipinski definition) is 4. The third-order valence-corrected chi connectivity index (χ3v) is 1.58. The van der Waals surface area contributed by atoms with E-state index in [1.54, 1.807) is 13.0 Å². The molecular weight excluding hydrogens is 180 g/mol. The summed E-state index contributed by atoms with van der Waals surface area (Å²) in [6.45, 7) is 3.57. The van der Waals surface area contributed by atoms with Gasteiger partial charge in [-0.2, -0.15) is 0 Å². The summed E-state index contributed by atoms with van der Waals surface area (Å²) in [6.07, 6.45) is 3.52. The van der Waals surface area contributed by atoms with Gasteiger partial charge < -0.3 is 22.5 Å². The van der Waals surface area contributed by atoms with Crippen molar-refractivity contribution in [3.8, 4) is 0 Å². The number of amides is 1. The molecule has 0 atom stereocenters. The molecule has 0 radical (unpaired) electrons. The van der Waals surface area contributed by atoms with E-state index in [9.17, 15) is 4.79 Å². The molecule has 5 heteroatoms. The first kappa shape index (κ1) is 12.3. The lowest BCUT2D eigenvalue weighted by Gasteiger charge is -2.06. The summed E-state index contributed by atoms with van der Waals surface area (Å²) in [6, 6.07) is 0. The molecule has 0 bridgehead atoms. The van der Waals surface area contributed by atoms with Gasteiger partial charge in [0.05, 0.1) is 5.82 Å². The number of nitrogens with one attached hydrogen (secondary N) is 1. The molecule has 0 unspecified atom stereocenters. The predicted octanol–water partition coefficient (Wildman–Crippen LogP) is -0.148. The molecule has 0 rings (SSSR count). The Bertz CT molecular complexity index is 264. The van der Waals surface area contributed by atoms with E-state index in [4.69, 9.17) is 17.2 Å². The number of allylic oxidation sites excluding steroid dienone is 2. The van der Waals surface area contributed by atoms with E-state index in [-0.39, 0.29) is 11.4 Å². The fraction of sp³-hybridized carbons (Fsp3) is 0.444. The van der Waals surface area contributed by atoms with Crippen LogP contribution in [0.1, 0.15) is 26.7 Å². The summed E-state index contributed by atoms with van der Waals surface area (Å²) >= 11 is 0. The quantitative estimate of drug-likeness (QED) is 0.471. The Morgan fingerprint density at radius 2 is 1.93 bits per heavy atom. The van der Waals surface area contributed by atoms with Gasteiger partial charge in [0.15, 0.2) is 0 Å². The number of unbranched alkanes of at least 4 members (excludes halogenated alkanes) is 1. The largest absolute Gasteiger partial charge is 0.400 e. The van der Waals surface area contributed by atoms with Crippen molar-refractivity contribution in [2.45, 2.75) is 26.7 Å². The van der Waals surface area contributed by atoms with Gasteiger partial charge in [0, 0.05) is 5.70 Å². The van der Waals surface area contributed by atoms with E-state index in [0.29, 0.717) is 5.82 Å². The topological polar surface area (TPSA) is 107 Å². The van der Waals surface area contributed by atoms with Crippen molar-refractivity contribution in [3.05, 3.63) is 23.3 Å². The second kappa shape index (κ2) is 5.90. The average molecular weight is 198 g/mol. The molecule has 0 aliphatic carbocycles. The van der Waals surface area contributed by atoms with E-state index in [1.165, 1.54) is 0 Å². The summed E-state index contributed by atoms with van der Waals surface area (Å²) in [7, 11) is 0. The van der Waals surface area contributed by atoms with Crippen LogP contribution in [-0.4, -0.2) is 5.91 Å². The first-order chi connectivity index (χ1) is 6.49. The minimum absolute atomic E-state index is 0.00199. The van der Waals surface area contributed by atoms with E-state index >= 15 is 0 Å². The van der Waals surface area contributed by atoms with E-state index in [2.05, 4.69) is 5.32 Å². The highest BCUT2D eigenvalue weighted by Crippen LogP contribution is 1.93. The number of rotatable bonds is 4. The van der Waals surface area contributed by atoms with E-state index in [0.717, 1.165) is 12.8 Å². The fourth-order valence-electron chi connectivity index (χ4n) is 0.728. The molecule has 0 aromatic heterocycles. The van der Waals surface area contributed by atoms with Crippen molar-refractivity contribution in [2.24, 2.45) is 17.2 Å². The molecule has 0 fully saturated rings. The Kier molecular flexibility index (Phi) is 5.21. The van der Waals surface area contributed by atoms with Crippen LogP contribution in [0.25, 0.3) is 0 Å². The lowest BCUT2D eigenvalue weighted by molar-refractivity contribution is -0.116. The van der Waals surface area contributed by atoms with Crippen molar-refractivity contribution in [1.82, 2.24) is 5.32 Å². The minimum Gasteiger partial charge on any atom is -0.400 e. The average Bonchev–Trinajstić information content (AvgIpc) is 2.13. The Morgan fingerprint density at radius 1 is 1.36 bits per heavy atom. The zero-order valence-corrected chi connectivity index (χ0v) is 8.63. The number of nitrogens with two attached hydrogens (primary N) is 3. The SMILES string of the molecule is CCC/C=C(\N)NC(=O)/C(N)=C(\C)N. The monoisotopic (exact) mass is 198 g/mol. The smallest absolute Gasteiger partial charge is 0.274 e. The van der Waals surface area contributed by atoms with Gasteiger partial charge in [-0.25, -0.2) is 0 Å². The molecule has 80 valence electrons. The number of carbonyl (C=O) groups is 1. The molecule has 0 heterocycles. The van der Waals surface area contributed by atoms with Crippen molar-refractivity contribution in [1.29, 1.82) is 0 Å². The Labute approximate surface area is 84.0 Å². The van der Waals surface area contributed by atoms with Gasteiger partial charge >= 0.3 is 0 Å². The number of carbonyl (C=O) groups excluding carboxylic acids is 1. The van der Waals surface area contributed by atoms with Gasteiger partial charge in [-0.3, -0.25) is 4.79 Å². The Balaban J connectivity index is 4.27. The van der Waals surface area contributed by atoms with Crippen molar-refractivity contribution >= 4 is 5.91 Å². The third kappa shape index (κ3) is 4.39. The normalized spacial score (nSPS) is 13.4. The zero-order valence-electron chi connectivity index (χ0n) is 8.63. The van der Waals surface area contributed by atoms with Gasteiger partial charge in [0.25, 0.3) is 5.91 Å². The first-order valence-electron chi connectivity index (χ1n) is 4.47. The molecule has 0 spiro atoms. The summed E-state index contributed by atoms with van der Waals surface area (Å²) in [5.41, 5.74) is 16.5. The third-order valence-electron chi connectivity index (χ3n) is 1.58. The van der Waals surface area contributed by atoms with Gasteiger partial charge in [-0.05, 0) is 19.4 Å². The highest BCUT2D eigenvalue weighted by Gasteiger charge is 2.06. The van der Waals surface area contributed by atoms with Crippen LogP contribution in [0.3, 0.4) is 0 Å². The van der Waals surface area contributed by atoms with Crippen LogP contribution in [-0.2, 0) is 4.79 Å². The predicted molar refractivity (Wildman–Crippen MR) is 56.4 cm³/mol. The lowest BCUT2D eigenvalue weighted by Crippen LogP contribution is -2.33. The van der Waals surface area contributed by atoms with Gasteiger partial charge in [0.1, 0.15) is 5.70 Å². The molecule has 5 nitrogen and oxygen atoms in total. The Hall–Kier alpha value is -1.65. The van der Waals surface area contributed by atoms with Crippen molar-refractivity contribution in [3.63, 3.8) is 0 Å². The number of hydrogen-bond donors (Lipinski definition) is 4. The van der Waals surface area contributed by atoms with Crippen molar-refractivity contribution < 1.29 is 4.79 Å². The Morgan fingerprint density at radius 3 is 2.36 bits per heavy atom. The second-order valence-electron chi connectivity index (χ2n) is 3.00. The highest BCUT2D eigenvalue weighted by atomic mass is 16.2. The van der Waals surface area contributed by atoms with Gasteiger partial charge in [-0.1, -0.05) is 13.3 Å². The molecule has 14 heavy (non-hydrogen) atoms. The molecule has 0 saturated carbocycles. The maximum absolute atomic E-state index is 11.3. The molecule has 0 aromatic carbocycles. The molecule has 0 aliphatic rings. The molecule has 7 N–H and O–H groups in total. The van der Waals surface area contributed by atoms with Crippen LogP contribution < -0.4 is 22.5 Å². The van der Waals surface area contributed by atoms with Crippen molar-refractivity contribution in [2.75, 3.05) is 0 Å². The van der Waals surface area contributed by atoms with Crippen LogP contribution in [0.15, 0.2) is 23.3 Å². The van der Waals surface area contributed by atoms with E-state index < -0.39 is 5.91 Å². The maximum atomic E-state index is 11.3. The summed E-state index contributed by atoms with van der Waals surface area (Å²) in [5.74, 6) is -0.157. The molecular formula is C9H18N4O. The molecule has 1 amide bonds. The molecule has 0 saturated heterocycles. The lowest BCUT2D eigenvalue weighted by atomic mass is 10.3. The second-order valence-corrected chi connectivity index (χ2v) is 3.00. The summed E-state index contributed by atoms with van der Waals surface area (Å²) < 4.78 is 0. The first-order valence-corrected chi connectivity index (χ1v) is 4.47. The van der Waals surface area contributed by atoms with Crippen LogP contribution in [0.5, 0.6) is 0 Å².